The molecule has 2 heterocycles. The first-order chi connectivity index (χ1) is 8.60. The summed E-state index contributed by atoms with van der Waals surface area (Å²) in [6.07, 6.45) is 1.54. The van der Waals surface area contributed by atoms with E-state index in [1.54, 1.807) is 24.4 Å². The van der Waals surface area contributed by atoms with E-state index in [2.05, 4.69) is 10.3 Å². The van der Waals surface area contributed by atoms with Gasteiger partial charge in [0.25, 0.3) is 5.91 Å². The van der Waals surface area contributed by atoms with Crippen LogP contribution < -0.4 is 15.8 Å². The Balaban J connectivity index is 2.10. The lowest BCUT2D eigenvalue weighted by Crippen LogP contribution is -2.10. The number of methoxy groups -OCH3 is 1. The molecule has 0 saturated heterocycles. The summed E-state index contributed by atoms with van der Waals surface area (Å²) in [5.74, 6) is 0.316. The number of anilines is 2. The van der Waals surface area contributed by atoms with Crippen LogP contribution in [0, 0.1) is 6.92 Å². The van der Waals surface area contributed by atoms with E-state index in [4.69, 9.17) is 10.5 Å². The van der Waals surface area contributed by atoms with Gasteiger partial charge in [-0.15, -0.1) is 11.3 Å². The van der Waals surface area contributed by atoms with E-state index in [-0.39, 0.29) is 5.91 Å². The molecule has 18 heavy (non-hydrogen) atoms. The topological polar surface area (TPSA) is 77.2 Å². The Morgan fingerprint density at radius 3 is 2.78 bits per heavy atom. The van der Waals surface area contributed by atoms with E-state index < -0.39 is 0 Å². The lowest BCUT2D eigenvalue weighted by Gasteiger charge is -2.03. The van der Waals surface area contributed by atoms with Crippen molar-refractivity contribution in [2.75, 3.05) is 18.2 Å². The van der Waals surface area contributed by atoms with Crippen LogP contribution in [0.15, 0.2) is 24.4 Å². The summed E-state index contributed by atoms with van der Waals surface area (Å²) in [7, 11) is 1.54. The van der Waals surface area contributed by atoms with Gasteiger partial charge in [-0.25, -0.2) is 4.98 Å². The monoisotopic (exact) mass is 263 g/mol. The molecule has 0 radical (unpaired) electrons. The zero-order valence-electron chi connectivity index (χ0n) is 10.1. The molecular weight excluding hydrogens is 250 g/mol. The first-order valence-electron chi connectivity index (χ1n) is 5.27. The van der Waals surface area contributed by atoms with E-state index in [1.165, 1.54) is 18.4 Å². The number of ether oxygens (including phenoxy) is 1. The smallest absolute Gasteiger partial charge is 0.265 e. The highest BCUT2D eigenvalue weighted by atomic mass is 32.1. The second-order valence-corrected chi connectivity index (χ2v) is 4.92. The summed E-state index contributed by atoms with van der Waals surface area (Å²) < 4.78 is 4.94. The van der Waals surface area contributed by atoms with E-state index in [1.807, 2.05) is 6.92 Å². The third kappa shape index (κ3) is 2.60. The predicted octanol–water partition coefficient (Wildman–Crippen LogP) is 2.29. The predicted molar refractivity (Wildman–Crippen MR) is 72.2 cm³/mol. The maximum absolute atomic E-state index is 11.9. The Bertz CT molecular complexity index is 544. The fourth-order valence-electron chi connectivity index (χ4n) is 1.38. The highest BCUT2D eigenvalue weighted by Crippen LogP contribution is 2.24. The molecule has 0 saturated carbocycles. The Kier molecular flexibility index (Phi) is 3.47. The van der Waals surface area contributed by atoms with Crippen LogP contribution in [0.4, 0.5) is 11.4 Å². The minimum Gasteiger partial charge on any atom is -0.481 e. The molecule has 0 fully saturated rings. The molecular formula is C12H13N3O2S. The van der Waals surface area contributed by atoms with Gasteiger partial charge in [-0.2, -0.15) is 0 Å². The molecule has 6 heteroatoms. The number of thiophene rings is 1. The Morgan fingerprint density at radius 1 is 1.50 bits per heavy atom. The third-order valence-corrected chi connectivity index (χ3v) is 3.45. The van der Waals surface area contributed by atoms with Crippen molar-refractivity contribution >= 4 is 28.6 Å². The van der Waals surface area contributed by atoms with Crippen molar-refractivity contribution in [2.24, 2.45) is 0 Å². The van der Waals surface area contributed by atoms with Crippen LogP contribution in [-0.2, 0) is 0 Å². The van der Waals surface area contributed by atoms with E-state index >= 15 is 0 Å². The maximum Gasteiger partial charge on any atom is 0.265 e. The minimum atomic E-state index is -0.188. The quantitative estimate of drug-likeness (QED) is 0.890. The second kappa shape index (κ2) is 5.05. The molecule has 0 aliphatic rings. The normalized spacial score (nSPS) is 10.1. The summed E-state index contributed by atoms with van der Waals surface area (Å²) in [6, 6.07) is 5.09. The molecule has 5 nitrogen and oxygen atoms in total. The summed E-state index contributed by atoms with van der Waals surface area (Å²) in [5.41, 5.74) is 6.96. The number of nitrogens with zero attached hydrogens (tertiary/aromatic N) is 1. The number of pyridine rings is 1. The number of aryl methyl sites for hydroxylation is 1. The molecule has 3 N–H and O–H groups in total. The van der Waals surface area contributed by atoms with Crippen LogP contribution in [0.3, 0.4) is 0 Å². The molecule has 0 spiro atoms. The fraction of sp³-hybridized carbons (Fsp3) is 0.167. The van der Waals surface area contributed by atoms with Crippen LogP contribution in [0.5, 0.6) is 5.88 Å². The number of amides is 1. The number of nitrogen functional groups attached to an aromatic ring is 1. The zero-order chi connectivity index (χ0) is 13.1. The largest absolute Gasteiger partial charge is 0.481 e. The maximum atomic E-state index is 11.9. The Hall–Kier alpha value is -2.08. The highest BCUT2D eigenvalue weighted by Gasteiger charge is 2.11. The molecule has 0 aliphatic heterocycles. The van der Waals surface area contributed by atoms with Gasteiger partial charge in [-0.05, 0) is 19.1 Å². The van der Waals surface area contributed by atoms with E-state index in [9.17, 15) is 4.79 Å². The molecule has 94 valence electrons. The van der Waals surface area contributed by atoms with Gasteiger partial charge in [0.1, 0.15) is 0 Å². The Labute approximate surface area is 109 Å². The molecule has 0 aromatic carbocycles. The van der Waals surface area contributed by atoms with Gasteiger partial charge < -0.3 is 15.8 Å². The first-order valence-corrected chi connectivity index (χ1v) is 6.09. The minimum absolute atomic E-state index is 0.188. The van der Waals surface area contributed by atoms with Gasteiger partial charge in [0.15, 0.2) is 0 Å². The molecule has 0 bridgehead atoms. The van der Waals surface area contributed by atoms with Crippen LogP contribution in [0.1, 0.15) is 14.5 Å². The van der Waals surface area contributed by atoms with Crippen molar-refractivity contribution in [3.63, 3.8) is 0 Å². The van der Waals surface area contributed by atoms with Crippen molar-refractivity contribution in [2.45, 2.75) is 6.92 Å². The molecule has 2 aromatic rings. The van der Waals surface area contributed by atoms with Crippen LogP contribution in [-0.4, -0.2) is 18.0 Å². The summed E-state index contributed by atoms with van der Waals surface area (Å²) in [6.45, 7) is 1.88. The van der Waals surface area contributed by atoms with Gasteiger partial charge in [0.05, 0.1) is 23.9 Å². The van der Waals surface area contributed by atoms with Crippen molar-refractivity contribution in [3.05, 3.63) is 34.2 Å². The molecule has 0 unspecified atom stereocenters. The van der Waals surface area contributed by atoms with Crippen molar-refractivity contribution in [3.8, 4) is 5.88 Å². The first kappa shape index (κ1) is 12.4. The average Bonchev–Trinajstić information content (AvgIpc) is 2.71. The summed E-state index contributed by atoms with van der Waals surface area (Å²) >= 11 is 1.37. The number of hydrogen-bond acceptors (Lipinski definition) is 5. The molecule has 1 amide bonds. The van der Waals surface area contributed by atoms with Crippen molar-refractivity contribution in [1.29, 1.82) is 0 Å². The van der Waals surface area contributed by atoms with Crippen LogP contribution in [0.25, 0.3) is 0 Å². The SMILES string of the molecule is COc1ccc(NC(=O)c2cc(N)c(C)s2)cn1. The molecule has 0 atom stereocenters. The highest BCUT2D eigenvalue weighted by molar-refractivity contribution is 7.14. The standard InChI is InChI=1S/C12H13N3O2S/c1-7-9(13)5-10(18-7)12(16)15-8-3-4-11(17-2)14-6-8/h3-6H,13H2,1-2H3,(H,15,16). The van der Waals surface area contributed by atoms with Gasteiger partial charge in [0.2, 0.25) is 5.88 Å². The van der Waals surface area contributed by atoms with Crippen molar-refractivity contribution < 1.29 is 9.53 Å². The van der Waals surface area contributed by atoms with Crippen molar-refractivity contribution in [1.82, 2.24) is 4.98 Å². The molecule has 2 aromatic heterocycles. The fourth-order valence-corrected chi connectivity index (χ4v) is 2.21. The van der Waals surface area contributed by atoms with Gasteiger partial charge in [0, 0.05) is 16.6 Å². The number of rotatable bonds is 3. The third-order valence-electron chi connectivity index (χ3n) is 2.38. The average molecular weight is 263 g/mol. The van der Waals surface area contributed by atoms with E-state index in [0.29, 0.717) is 22.1 Å². The number of nitrogens with two attached hydrogens (primary N) is 1. The van der Waals surface area contributed by atoms with E-state index in [0.717, 1.165) is 4.88 Å². The summed E-state index contributed by atoms with van der Waals surface area (Å²) in [4.78, 5) is 17.4. The van der Waals surface area contributed by atoms with Gasteiger partial charge in [-0.1, -0.05) is 0 Å². The second-order valence-electron chi connectivity index (χ2n) is 3.67. The molecule has 2 rings (SSSR count). The van der Waals surface area contributed by atoms with Crippen LogP contribution in [0.2, 0.25) is 0 Å². The lowest BCUT2D eigenvalue weighted by molar-refractivity contribution is 0.103. The van der Waals surface area contributed by atoms with Crippen LogP contribution >= 0.6 is 11.3 Å². The molecule has 0 aliphatic carbocycles. The zero-order valence-corrected chi connectivity index (χ0v) is 10.9. The number of carbonyl (C=O) groups excluding carboxylic acids is 1. The Morgan fingerprint density at radius 2 is 2.28 bits per heavy atom. The number of nitrogens with one attached hydrogen (secondary N) is 1. The van der Waals surface area contributed by atoms with Gasteiger partial charge >= 0.3 is 0 Å². The number of hydrogen-bond donors (Lipinski definition) is 2. The lowest BCUT2D eigenvalue weighted by atomic mass is 10.3. The number of carbonyl (C=O) groups is 1. The van der Waals surface area contributed by atoms with Gasteiger partial charge in [-0.3, -0.25) is 4.79 Å². The summed E-state index contributed by atoms with van der Waals surface area (Å²) in [5, 5.41) is 2.75. The number of aromatic nitrogens is 1.